The molecule has 0 unspecified atom stereocenters. The molecule has 0 aromatic carbocycles. The predicted molar refractivity (Wildman–Crippen MR) is 127 cm³/mol. The number of hydrogen-bond donors (Lipinski definition) is 3. The van der Waals surface area contributed by atoms with E-state index in [1.54, 1.807) is 19.9 Å². The van der Waals surface area contributed by atoms with Gasteiger partial charge in [0, 0.05) is 5.41 Å². The van der Waals surface area contributed by atoms with Crippen molar-refractivity contribution in [1.82, 2.24) is 0 Å². The molecule has 0 saturated heterocycles. The number of ketones is 2. The molecule has 3 rings (SSSR count). The maximum Gasteiger partial charge on any atom is 0.306 e. The zero-order chi connectivity index (χ0) is 26.9. The zero-order valence-corrected chi connectivity index (χ0v) is 21.2. The number of carbonyl (C=O) groups excluding carboxylic acids is 3. The van der Waals surface area contributed by atoms with Crippen LogP contribution in [-0.4, -0.2) is 62.8 Å². The fraction of sp³-hybridized carbons (Fsp3) is 0.704. The second kappa shape index (κ2) is 10.5. The van der Waals surface area contributed by atoms with Gasteiger partial charge >= 0.3 is 11.9 Å². The van der Waals surface area contributed by atoms with Gasteiger partial charge < -0.3 is 20.1 Å². The number of alkyl halides is 1. The van der Waals surface area contributed by atoms with Crippen molar-refractivity contribution in [3.8, 4) is 0 Å². The van der Waals surface area contributed by atoms with Crippen LogP contribution < -0.4 is 0 Å². The quantitative estimate of drug-likeness (QED) is 0.383. The van der Waals surface area contributed by atoms with Crippen LogP contribution in [0.3, 0.4) is 0 Å². The molecular weight excluding hydrogens is 471 g/mol. The SMILES string of the molecule is CCC[C@H](O)[C@@]1(F)[C@H]([C@@H]2C[C@@H](C)[C@](O)(C(=O)COC(=O)CCC(=O)O)C2)CCC2=CC(=O)C=C[C@@]21C. The van der Waals surface area contributed by atoms with Crippen LogP contribution in [0, 0.1) is 23.2 Å². The van der Waals surface area contributed by atoms with Crippen molar-refractivity contribution in [3.63, 3.8) is 0 Å². The van der Waals surface area contributed by atoms with Crippen LogP contribution in [-0.2, 0) is 23.9 Å². The normalized spacial score (nSPS) is 36.7. The Morgan fingerprint density at radius 2 is 1.97 bits per heavy atom. The number of Topliss-reactive ketones (excluding diaryl/α,β-unsaturated/α-hetero) is 1. The smallest absolute Gasteiger partial charge is 0.306 e. The molecule has 0 spiro atoms. The summed E-state index contributed by atoms with van der Waals surface area (Å²) in [4.78, 5) is 47.3. The number of hydrogen-bond acceptors (Lipinski definition) is 7. The Kier molecular flexibility index (Phi) is 8.25. The maximum absolute atomic E-state index is 17.4. The molecule has 8 nitrogen and oxygen atoms in total. The van der Waals surface area contributed by atoms with Gasteiger partial charge in [-0.1, -0.05) is 31.9 Å². The fourth-order valence-electron chi connectivity index (χ4n) is 6.57. The number of esters is 1. The molecule has 9 heteroatoms. The molecule has 0 bridgehead atoms. The highest BCUT2D eigenvalue weighted by atomic mass is 19.1. The lowest BCUT2D eigenvalue weighted by Crippen LogP contribution is -2.61. The van der Waals surface area contributed by atoms with Crippen LogP contribution in [0.15, 0.2) is 23.8 Å². The number of fused-ring (bicyclic) bond motifs is 1. The summed E-state index contributed by atoms with van der Waals surface area (Å²) >= 11 is 0. The average molecular weight is 509 g/mol. The minimum atomic E-state index is -2.10. The van der Waals surface area contributed by atoms with E-state index in [9.17, 15) is 29.4 Å². The summed E-state index contributed by atoms with van der Waals surface area (Å²) in [6.07, 6.45) is 4.20. The van der Waals surface area contributed by atoms with E-state index in [1.165, 1.54) is 12.2 Å². The lowest BCUT2D eigenvalue weighted by molar-refractivity contribution is -0.158. The third-order valence-electron chi connectivity index (χ3n) is 8.68. The average Bonchev–Trinajstić information content (AvgIpc) is 3.12. The number of carboxylic acid groups (broad SMARTS) is 1. The second-order valence-corrected chi connectivity index (χ2v) is 10.8. The summed E-state index contributed by atoms with van der Waals surface area (Å²) < 4.78 is 22.3. The molecule has 36 heavy (non-hydrogen) atoms. The summed E-state index contributed by atoms with van der Waals surface area (Å²) in [5.74, 6) is -4.54. The Balaban J connectivity index is 1.82. The van der Waals surface area contributed by atoms with Crippen molar-refractivity contribution < 1.29 is 43.6 Å². The zero-order valence-electron chi connectivity index (χ0n) is 21.2. The maximum atomic E-state index is 17.4. The van der Waals surface area contributed by atoms with Crippen molar-refractivity contribution in [3.05, 3.63) is 23.8 Å². The number of aliphatic carboxylic acids is 1. The van der Waals surface area contributed by atoms with Crippen LogP contribution in [0.4, 0.5) is 4.39 Å². The molecule has 0 aliphatic heterocycles. The Hall–Kier alpha value is -2.39. The van der Waals surface area contributed by atoms with Gasteiger partial charge in [-0.25, -0.2) is 4.39 Å². The van der Waals surface area contributed by atoms with Crippen molar-refractivity contribution in [2.45, 2.75) is 89.5 Å². The van der Waals surface area contributed by atoms with Crippen LogP contribution in [0.2, 0.25) is 0 Å². The van der Waals surface area contributed by atoms with Gasteiger partial charge in [0.05, 0.1) is 18.9 Å². The number of aliphatic hydroxyl groups excluding tert-OH is 1. The Morgan fingerprint density at radius 3 is 2.61 bits per heavy atom. The summed E-state index contributed by atoms with van der Waals surface area (Å²) in [6, 6.07) is 0. The first kappa shape index (κ1) is 28.2. The minimum Gasteiger partial charge on any atom is -0.481 e. The first-order valence-electron chi connectivity index (χ1n) is 12.7. The monoisotopic (exact) mass is 508 g/mol. The van der Waals surface area contributed by atoms with E-state index in [0.717, 1.165) is 0 Å². The van der Waals surface area contributed by atoms with Gasteiger partial charge in [0.2, 0.25) is 5.78 Å². The molecule has 3 N–H and O–H groups in total. The van der Waals surface area contributed by atoms with Gasteiger partial charge in [-0.3, -0.25) is 19.2 Å². The Bertz CT molecular complexity index is 973. The molecule has 200 valence electrons. The van der Waals surface area contributed by atoms with Crippen molar-refractivity contribution >= 4 is 23.5 Å². The molecule has 0 radical (unpaired) electrons. The summed E-state index contributed by atoms with van der Waals surface area (Å²) in [5.41, 5.74) is -4.48. The number of ether oxygens (including phenoxy) is 1. The molecular formula is C27H37FO8. The first-order valence-corrected chi connectivity index (χ1v) is 12.7. The minimum absolute atomic E-state index is 0.0351. The number of carboxylic acids is 1. The van der Waals surface area contributed by atoms with Gasteiger partial charge in [0.1, 0.15) is 5.60 Å². The predicted octanol–water partition coefficient (Wildman–Crippen LogP) is 3.09. The molecule has 0 aromatic rings. The van der Waals surface area contributed by atoms with Crippen molar-refractivity contribution in [2.24, 2.45) is 23.2 Å². The molecule has 0 heterocycles. The molecule has 2 fully saturated rings. The van der Waals surface area contributed by atoms with Gasteiger partial charge in [0.25, 0.3) is 0 Å². The van der Waals surface area contributed by atoms with Gasteiger partial charge in [-0.15, -0.1) is 0 Å². The van der Waals surface area contributed by atoms with E-state index in [0.29, 0.717) is 31.3 Å². The van der Waals surface area contributed by atoms with Crippen molar-refractivity contribution in [1.29, 1.82) is 0 Å². The second-order valence-electron chi connectivity index (χ2n) is 10.8. The summed E-state index contributed by atoms with van der Waals surface area (Å²) in [5, 5.41) is 31.1. The lowest BCUT2D eigenvalue weighted by Gasteiger charge is -2.55. The van der Waals surface area contributed by atoms with E-state index in [2.05, 4.69) is 0 Å². The number of halogens is 1. The third kappa shape index (κ3) is 4.92. The highest BCUT2D eigenvalue weighted by Crippen LogP contribution is 2.61. The molecule has 3 aliphatic rings. The van der Waals surface area contributed by atoms with E-state index in [4.69, 9.17) is 9.84 Å². The largest absolute Gasteiger partial charge is 0.481 e. The standard InChI is InChI=1S/C27H37FO8/c1-4-5-21(30)27(28)20(7-6-18-13-19(29)10-11-25(18,27)3)17-12-16(2)26(35,14-17)22(31)15-36-24(34)9-8-23(32)33/h10-11,13,16-17,20-21,30,35H,4-9,12,14-15H2,1-3H3,(H,32,33)/t16-,17-,20+,21+,25+,26+,27+/m1/s1. The molecule has 2 saturated carbocycles. The van der Waals surface area contributed by atoms with Gasteiger partial charge in [-0.05, 0) is 68.9 Å². The highest BCUT2D eigenvalue weighted by Gasteiger charge is 2.65. The number of allylic oxidation sites excluding steroid dienone is 4. The van der Waals surface area contributed by atoms with E-state index < -0.39 is 71.3 Å². The molecule has 0 amide bonds. The fourth-order valence-corrected chi connectivity index (χ4v) is 6.57. The topological polar surface area (TPSA) is 138 Å². The van der Waals surface area contributed by atoms with Crippen LogP contribution in [0.25, 0.3) is 0 Å². The number of carbonyl (C=O) groups is 4. The Morgan fingerprint density at radius 1 is 1.28 bits per heavy atom. The molecule has 7 atom stereocenters. The van der Waals surface area contributed by atoms with E-state index >= 15 is 4.39 Å². The van der Waals surface area contributed by atoms with E-state index in [-0.39, 0.29) is 25.0 Å². The van der Waals surface area contributed by atoms with Gasteiger partial charge in [0.15, 0.2) is 18.1 Å². The lowest BCUT2D eigenvalue weighted by atomic mass is 9.52. The van der Waals surface area contributed by atoms with Crippen molar-refractivity contribution in [2.75, 3.05) is 6.61 Å². The van der Waals surface area contributed by atoms with E-state index in [1.807, 2.05) is 6.92 Å². The number of rotatable bonds is 10. The third-order valence-corrected chi connectivity index (χ3v) is 8.68. The summed E-state index contributed by atoms with van der Waals surface area (Å²) in [6.45, 7) is 4.57. The van der Waals surface area contributed by atoms with Crippen LogP contribution in [0.1, 0.15) is 72.1 Å². The highest BCUT2D eigenvalue weighted by molar-refractivity contribution is 6.01. The number of aliphatic hydroxyl groups is 2. The first-order chi connectivity index (χ1) is 16.8. The summed E-state index contributed by atoms with van der Waals surface area (Å²) in [7, 11) is 0. The van der Waals surface area contributed by atoms with Crippen LogP contribution >= 0.6 is 0 Å². The Labute approximate surface area is 210 Å². The molecule has 0 aromatic heterocycles. The van der Waals surface area contributed by atoms with Gasteiger partial charge in [-0.2, -0.15) is 0 Å². The van der Waals surface area contributed by atoms with Crippen LogP contribution in [0.5, 0.6) is 0 Å². The molecule has 3 aliphatic carbocycles.